The van der Waals surface area contributed by atoms with Gasteiger partial charge in [-0.15, -0.1) is 0 Å². The van der Waals surface area contributed by atoms with Crippen LogP contribution >= 0.6 is 0 Å². The number of hydrogen-bond donors (Lipinski definition) is 1. The first kappa shape index (κ1) is 22.6. The molecule has 0 saturated carbocycles. The molecule has 3 aromatic rings. The summed E-state index contributed by atoms with van der Waals surface area (Å²) in [5, 5.41) is 2.78. The molecule has 9 heteroatoms. The van der Waals surface area contributed by atoms with Crippen LogP contribution in [0.25, 0.3) is 0 Å². The van der Waals surface area contributed by atoms with Crippen LogP contribution in [0.1, 0.15) is 18.5 Å². The lowest BCUT2D eigenvalue weighted by molar-refractivity contribution is -0.120. The van der Waals surface area contributed by atoms with Crippen molar-refractivity contribution in [2.45, 2.75) is 17.9 Å². The number of ether oxygens (including phenoxy) is 2. The van der Waals surface area contributed by atoms with Crippen molar-refractivity contribution >= 4 is 21.6 Å². The van der Waals surface area contributed by atoms with Gasteiger partial charge in [0, 0.05) is 0 Å². The number of sulfonamides is 1. The molecule has 1 atom stereocenters. The highest BCUT2D eigenvalue weighted by molar-refractivity contribution is 7.92. The Hall–Kier alpha value is -3.59. The molecular formula is C24H23FN2O5S. The predicted molar refractivity (Wildman–Crippen MR) is 121 cm³/mol. The predicted octanol–water partition coefficient (Wildman–Crippen LogP) is 3.67. The second-order valence-electron chi connectivity index (χ2n) is 7.47. The van der Waals surface area contributed by atoms with E-state index in [0.717, 1.165) is 15.9 Å². The Bertz CT molecular complexity index is 1250. The van der Waals surface area contributed by atoms with Crippen molar-refractivity contribution in [3.8, 4) is 11.5 Å². The van der Waals surface area contributed by atoms with E-state index >= 15 is 0 Å². The van der Waals surface area contributed by atoms with Crippen LogP contribution in [0.5, 0.6) is 11.5 Å². The minimum Gasteiger partial charge on any atom is -0.486 e. The molecule has 0 radical (unpaired) electrons. The molecule has 0 saturated heterocycles. The third-order valence-corrected chi connectivity index (χ3v) is 6.96. The number of carbonyl (C=O) groups is 1. The molecule has 1 heterocycles. The molecule has 1 aliphatic rings. The van der Waals surface area contributed by atoms with Crippen LogP contribution in [-0.2, 0) is 14.8 Å². The second-order valence-corrected chi connectivity index (χ2v) is 9.33. The third kappa shape index (κ3) is 4.93. The number of carbonyl (C=O) groups excluding carboxylic acids is 1. The lowest BCUT2D eigenvalue weighted by atomic mass is 10.1. The normalized spacial score (nSPS) is 13.8. The molecule has 0 aliphatic carbocycles. The van der Waals surface area contributed by atoms with E-state index in [-0.39, 0.29) is 10.6 Å². The molecule has 3 aromatic carbocycles. The summed E-state index contributed by atoms with van der Waals surface area (Å²) >= 11 is 0. The van der Waals surface area contributed by atoms with Gasteiger partial charge in [0.05, 0.1) is 16.6 Å². The van der Waals surface area contributed by atoms with Crippen molar-refractivity contribution in [2.24, 2.45) is 0 Å². The number of rotatable bonds is 7. The zero-order valence-electron chi connectivity index (χ0n) is 17.9. The van der Waals surface area contributed by atoms with Crippen LogP contribution in [0.15, 0.2) is 77.7 Å². The van der Waals surface area contributed by atoms with Gasteiger partial charge in [-0.25, -0.2) is 12.8 Å². The highest BCUT2D eigenvalue weighted by Gasteiger charge is 2.29. The van der Waals surface area contributed by atoms with Crippen LogP contribution < -0.4 is 19.1 Å². The third-order valence-electron chi connectivity index (χ3n) is 5.18. The summed E-state index contributed by atoms with van der Waals surface area (Å²) < 4.78 is 53.0. The Morgan fingerprint density at radius 1 is 1.00 bits per heavy atom. The maximum atomic E-state index is 14.6. The molecular weight excluding hydrogens is 447 g/mol. The lowest BCUT2D eigenvalue weighted by Gasteiger charge is -2.26. The molecule has 1 aliphatic heterocycles. The van der Waals surface area contributed by atoms with Gasteiger partial charge in [-0.05, 0) is 48.9 Å². The van der Waals surface area contributed by atoms with E-state index in [1.54, 1.807) is 43.3 Å². The van der Waals surface area contributed by atoms with Crippen molar-refractivity contribution in [1.82, 2.24) is 5.32 Å². The van der Waals surface area contributed by atoms with Gasteiger partial charge in [0.15, 0.2) is 11.5 Å². The Kier molecular flexibility index (Phi) is 6.50. The Labute approximate surface area is 191 Å². The van der Waals surface area contributed by atoms with Gasteiger partial charge in [0.1, 0.15) is 25.6 Å². The number of halogens is 1. The molecule has 0 unspecified atom stereocenters. The first-order chi connectivity index (χ1) is 15.9. The molecule has 0 aromatic heterocycles. The summed E-state index contributed by atoms with van der Waals surface area (Å²) in [6.07, 6.45) is 0. The number of benzene rings is 3. The van der Waals surface area contributed by atoms with E-state index in [0.29, 0.717) is 24.7 Å². The fourth-order valence-electron chi connectivity index (χ4n) is 3.50. The van der Waals surface area contributed by atoms with Crippen molar-refractivity contribution in [3.63, 3.8) is 0 Å². The Morgan fingerprint density at radius 2 is 1.67 bits per heavy atom. The zero-order valence-corrected chi connectivity index (χ0v) is 18.7. The van der Waals surface area contributed by atoms with Crippen LogP contribution in [0.3, 0.4) is 0 Å². The molecule has 1 N–H and O–H groups in total. The summed E-state index contributed by atoms with van der Waals surface area (Å²) in [6.45, 7) is 2.09. The number of amides is 1. The van der Waals surface area contributed by atoms with E-state index in [9.17, 15) is 17.6 Å². The highest BCUT2D eigenvalue weighted by Crippen LogP contribution is 2.32. The van der Waals surface area contributed by atoms with Gasteiger partial charge in [0.2, 0.25) is 5.91 Å². The molecule has 7 nitrogen and oxygen atoms in total. The van der Waals surface area contributed by atoms with E-state index in [4.69, 9.17) is 9.47 Å². The van der Waals surface area contributed by atoms with Gasteiger partial charge >= 0.3 is 0 Å². The largest absolute Gasteiger partial charge is 0.486 e. The van der Waals surface area contributed by atoms with Crippen molar-refractivity contribution in [3.05, 3.63) is 84.2 Å². The molecule has 0 bridgehead atoms. The van der Waals surface area contributed by atoms with Crippen molar-refractivity contribution < 1.29 is 27.1 Å². The number of fused-ring (bicyclic) bond motifs is 1. The van der Waals surface area contributed by atoms with Crippen molar-refractivity contribution in [2.75, 3.05) is 24.1 Å². The summed E-state index contributed by atoms with van der Waals surface area (Å²) in [4.78, 5) is 12.9. The van der Waals surface area contributed by atoms with Crippen LogP contribution in [-0.4, -0.2) is 34.1 Å². The maximum Gasteiger partial charge on any atom is 0.264 e. The zero-order chi connectivity index (χ0) is 23.4. The van der Waals surface area contributed by atoms with Gasteiger partial charge in [-0.1, -0.05) is 36.4 Å². The quantitative estimate of drug-likeness (QED) is 0.570. The maximum absolute atomic E-state index is 14.6. The number of hydrogen-bond acceptors (Lipinski definition) is 5. The van der Waals surface area contributed by atoms with E-state index in [2.05, 4.69) is 5.32 Å². The minimum absolute atomic E-state index is 0.0408. The number of anilines is 1. The first-order valence-electron chi connectivity index (χ1n) is 10.4. The summed E-state index contributed by atoms with van der Waals surface area (Å²) in [7, 11) is -4.19. The van der Waals surface area contributed by atoms with Crippen LogP contribution in [0, 0.1) is 5.82 Å². The van der Waals surface area contributed by atoms with Gasteiger partial charge < -0.3 is 14.8 Å². The summed E-state index contributed by atoms with van der Waals surface area (Å²) in [5.41, 5.74) is 0.555. The number of para-hydroxylation sites is 1. The van der Waals surface area contributed by atoms with Gasteiger partial charge in [-0.3, -0.25) is 9.10 Å². The standard InChI is InChI=1S/C24H23FN2O5S/c1-17(18-11-12-22-23(15-18)32-14-13-31-22)26-24(28)16-27(21-10-6-5-9-20(21)25)33(29,30)19-7-3-2-4-8-19/h2-12,15,17H,13-14,16H2,1H3,(H,26,28)/t17-/m0/s1. The SMILES string of the molecule is C[C@H](NC(=O)CN(c1ccccc1F)S(=O)(=O)c1ccccc1)c1ccc2c(c1)OCCO2. The molecule has 0 spiro atoms. The Balaban J connectivity index is 1.57. The monoisotopic (exact) mass is 470 g/mol. The number of nitrogens with one attached hydrogen (secondary N) is 1. The lowest BCUT2D eigenvalue weighted by Crippen LogP contribution is -2.42. The first-order valence-corrected chi connectivity index (χ1v) is 11.8. The average molecular weight is 471 g/mol. The summed E-state index contributed by atoms with van der Waals surface area (Å²) in [6, 6.07) is 17.9. The fourth-order valence-corrected chi connectivity index (χ4v) is 4.95. The molecule has 1 amide bonds. The average Bonchev–Trinajstić information content (AvgIpc) is 2.83. The molecule has 33 heavy (non-hydrogen) atoms. The highest BCUT2D eigenvalue weighted by atomic mass is 32.2. The van der Waals surface area contributed by atoms with Gasteiger partial charge in [0.25, 0.3) is 10.0 Å². The van der Waals surface area contributed by atoms with Crippen LogP contribution in [0.2, 0.25) is 0 Å². The molecule has 172 valence electrons. The smallest absolute Gasteiger partial charge is 0.264 e. The summed E-state index contributed by atoms with van der Waals surface area (Å²) in [5.74, 6) is -0.118. The van der Waals surface area contributed by atoms with E-state index < -0.39 is 34.3 Å². The van der Waals surface area contributed by atoms with E-state index in [1.807, 2.05) is 0 Å². The Morgan fingerprint density at radius 3 is 2.39 bits per heavy atom. The number of nitrogens with zero attached hydrogens (tertiary/aromatic N) is 1. The topological polar surface area (TPSA) is 84.9 Å². The van der Waals surface area contributed by atoms with Crippen molar-refractivity contribution in [1.29, 1.82) is 0 Å². The van der Waals surface area contributed by atoms with E-state index in [1.165, 1.54) is 30.3 Å². The minimum atomic E-state index is -4.19. The molecule has 4 rings (SSSR count). The van der Waals surface area contributed by atoms with Crippen LogP contribution in [0.4, 0.5) is 10.1 Å². The van der Waals surface area contributed by atoms with Gasteiger partial charge in [-0.2, -0.15) is 0 Å². The fraction of sp³-hybridized carbons (Fsp3) is 0.208. The molecule has 0 fully saturated rings. The second kappa shape index (κ2) is 9.50.